The molecule has 0 spiro atoms. The topological polar surface area (TPSA) is 15.3 Å². The Morgan fingerprint density at radius 3 is 2.58 bits per heavy atom. The summed E-state index contributed by atoms with van der Waals surface area (Å²) in [5, 5.41) is 3.80. The third-order valence-electron chi connectivity index (χ3n) is 3.86. The van der Waals surface area contributed by atoms with Crippen molar-refractivity contribution in [2.45, 2.75) is 31.3 Å². The molecule has 0 amide bonds. The van der Waals surface area contributed by atoms with E-state index in [1.165, 1.54) is 32.4 Å². The van der Waals surface area contributed by atoms with Crippen molar-refractivity contribution in [3.8, 4) is 0 Å². The van der Waals surface area contributed by atoms with Crippen LogP contribution in [-0.4, -0.2) is 37.1 Å². The van der Waals surface area contributed by atoms with Crippen LogP contribution in [0.1, 0.15) is 19.3 Å². The summed E-state index contributed by atoms with van der Waals surface area (Å²) in [6, 6.07) is 1.72. The van der Waals surface area contributed by atoms with E-state index >= 15 is 0 Å². The van der Waals surface area contributed by atoms with E-state index in [4.69, 9.17) is 0 Å². The molecule has 0 aromatic carbocycles. The van der Waals surface area contributed by atoms with Gasteiger partial charge in [0.25, 0.3) is 0 Å². The SMILES string of the molecule is CN1CC(NC2CCC3CC32)C1. The number of nitrogens with one attached hydrogen (secondary N) is 1. The van der Waals surface area contributed by atoms with E-state index < -0.39 is 0 Å². The third-order valence-corrected chi connectivity index (χ3v) is 3.86. The lowest BCUT2D eigenvalue weighted by atomic mass is 10.1. The first-order valence-corrected chi connectivity index (χ1v) is 5.27. The number of fused-ring (bicyclic) bond motifs is 1. The summed E-state index contributed by atoms with van der Waals surface area (Å²) >= 11 is 0. The molecule has 1 saturated heterocycles. The Balaban J connectivity index is 1.49. The van der Waals surface area contributed by atoms with Gasteiger partial charge in [-0.3, -0.25) is 0 Å². The van der Waals surface area contributed by atoms with Gasteiger partial charge in [-0.25, -0.2) is 0 Å². The van der Waals surface area contributed by atoms with Crippen molar-refractivity contribution in [3.05, 3.63) is 0 Å². The molecule has 2 nitrogen and oxygen atoms in total. The van der Waals surface area contributed by atoms with E-state index in [2.05, 4.69) is 17.3 Å². The summed E-state index contributed by atoms with van der Waals surface area (Å²) in [7, 11) is 2.20. The predicted molar refractivity (Wildman–Crippen MR) is 49.0 cm³/mol. The number of rotatable bonds is 2. The van der Waals surface area contributed by atoms with Gasteiger partial charge in [0.05, 0.1) is 0 Å². The number of likely N-dealkylation sites (tertiary alicyclic amines) is 1. The molecule has 1 N–H and O–H groups in total. The lowest BCUT2D eigenvalue weighted by Crippen LogP contribution is -2.58. The van der Waals surface area contributed by atoms with E-state index in [9.17, 15) is 0 Å². The van der Waals surface area contributed by atoms with E-state index in [1.54, 1.807) is 0 Å². The first kappa shape index (κ1) is 7.34. The minimum absolute atomic E-state index is 0.819. The number of nitrogens with zero attached hydrogens (tertiary/aromatic N) is 1. The summed E-state index contributed by atoms with van der Waals surface area (Å²) in [6.45, 7) is 2.54. The van der Waals surface area contributed by atoms with Crippen molar-refractivity contribution in [2.75, 3.05) is 20.1 Å². The summed E-state index contributed by atoms with van der Waals surface area (Å²) < 4.78 is 0. The molecular weight excluding hydrogens is 148 g/mol. The fourth-order valence-corrected chi connectivity index (χ4v) is 3.02. The lowest BCUT2D eigenvalue weighted by Gasteiger charge is -2.38. The van der Waals surface area contributed by atoms with Crippen molar-refractivity contribution >= 4 is 0 Å². The highest BCUT2D eigenvalue weighted by molar-refractivity contribution is 5.03. The minimum atomic E-state index is 0.819. The van der Waals surface area contributed by atoms with Crippen LogP contribution in [0.25, 0.3) is 0 Å². The predicted octanol–water partition coefficient (Wildman–Crippen LogP) is 0.688. The van der Waals surface area contributed by atoms with Crippen molar-refractivity contribution in [1.82, 2.24) is 10.2 Å². The monoisotopic (exact) mass is 166 g/mol. The molecule has 68 valence electrons. The van der Waals surface area contributed by atoms with Crippen LogP contribution in [0.4, 0.5) is 0 Å². The fourth-order valence-electron chi connectivity index (χ4n) is 3.02. The molecule has 0 bridgehead atoms. The van der Waals surface area contributed by atoms with Gasteiger partial charge in [-0.1, -0.05) is 0 Å². The summed E-state index contributed by atoms with van der Waals surface area (Å²) in [5.74, 6) is 2.20. The maximum absolute atomic E-state index is 3.80. The molecule has 2 heteroatoms. The summed E-state index contributed by atoms with van der Waals surface area (Å²) in [6.07, 6.45) is 4.49. The number of hydrogen-bond acceptors (Lipinski definition) is 2. The molecule has 3 unspecified atom stereocenters. The highest BCUT2D eigenvalue weighted by Crippen LogP contribution is 2.51. The Morgan fingerprint density at radius 2 is 2.08 bits per heavy atom. The molecular formula is C10H18N2. The second-order valence-electron chi connectivity index (χ2n) is 4.93. The van der Waals surface area contributed by atoms with Crippen molar-refractivity contribution in [1.29, 1.82) is 0 Å². The van der Waals surface area contributed by atoms with Gasteiger partial charge in [0.2, 0.25) is 0 Å². The molecule has 0 aromatic rings. The van der Waals surface area contributed by atoms with Gasteiger partial charge in [0, 0.05) is 25.2 Å². The zero-order valence-electron chi connectivity index (χ0n) is 7.79. The number of likely N-dealkylation sites (N-methyl/N-ethyl adjacent to an activating group) is 1. The van der Waals surface area contributed by atoms with Crippen LogP contribution in [0.5, 0.6) is 0 Å². The van der Waals surface area contributed by atoms with Crippen molar-refractivity contribution in [3.63, 3.8) is 0 Å². The Morgan fingerprint density at radius 1 is 1.25 bits per heavy atom. The Labute approximate surface area is 74.3 Å². The standard InChI is InChI=1S/C10H18N2/c1-12-5-8(6-12)11-10-3-2-7-4-9(7)10/h7-11H,2-6H2,1H3. The summed E-state index contributed by atoms with van der Waals surface area (Å²) in [4.78, 5) is 2.39. The second kappa shape index (κ2) is 2.46. The quantitative estimate of drug-likeness (QED) is 0.649. The van der Waals surface area contributed by atoms with Gasteiger partial charge in [-0.05, 0) is 38.1 Å². The highest BCUT2D eigenvalue weighted by atomic mass is 15.2. The van der Waals surface area contributed by atoms with Crippen molar-refractivity contribution < 1.29 is 0 Å². The van der Waals surface area contributed by atoms with Crippen LogP contribution in [0.15, 0.2) is 0 Å². The molecule has 0 aromatic heterocycles. The zero-order valence-corrected chi connectivity index (χ0v) is 7.79. The van der Waals surface area contributed by atoms with Crippen LogP contribution in [0.2, 0.25) is 0 Å². The molecule has 12 heavy (non-hydrogen) atoms. The molecule has 3 aliphatic rings. The van der Waals surface area contributed by atoms with Gasteiger partial charge in [-0.15, -0.1) is 0 Å². The molecule has 3 fully saturated rings. The number of hydrogen-bond donors (Lipinski definition) is 1. The van der Waals surface area contributed by atoms with Gasteiger partial charge < -0.3 is 10.2 Å². The normalized spacial score (nSPS) is 47.2. The smallest absolute Gasteiger partial charge is 0.0324 e. The largest absolute Gasteiger partial charge is 0.308 e. The first-order chi connectivity index (χ1) is 5.83. The van der Waals surface area contributed by atoms with E-state index in [-0.39, 0.29) is 0 Å². The van der Waals surface area contributed by atoms with Crippen molar-refractivity contribution in [2.24, 2.45) is 11.8 Å². The van der Waals surface area contributed by atoms with Crippen LogP contribution in [0.3, 0.4) is 0 Å². The fraction of sp³-hybridized carbons (Fsp3) is 1.00. The summed E-state index contributed by atoms with van der Waals surface area (Å²) in [5.41, 5.74) is 0. The molecule has 0 radical (unpaired) electrons. The van der Waals surface area contributed by atoms with Crippen LogP contribution >= 0.6 is 0 Å². The van der Waals surface area contributed by atoms with Gasteiger partial charge in [0.15, 0.2) is 0 Å². The highest BCUT2D eigenvalue weighted by Gasteiger charge is 2.48. The second-order valence-corrected chi connectivity index (χ2v) is 4.93. The van der Waals surface area contributed by atoms with Crippen LogP contribution < -0.4 is 5.32 Å². The first-order valence-electron chi connectivity index (χ1n) is 5.27. The Bertz CT molecular complexity index is 186. The molecule has 2 aliphatic carbocycles. The minimum Gasteiger partial charge on any atom is -0.308 e. The lowest BCUT2D eigenvalue weighted by molar-refractivity contribution is 0.148. The van der Waals surface area contributed by atoms with Crippen LogP contribution in [0, 0.1) is 11.8 Å². The Hall–Kier alpha value is -0.0800. The average Bonchev–Trinajstić information content (AvgIpc) is 2.67. The molecule has 3 atom stereocenters. The van der Waals surface area contributed by atoms with E-state index in [0.29, 0.717) is 0 Å². The molecule has 1 aliphatic heterocycles. The third kappa shape index (κ3) is 1.09. The molecule has 2 saturated carbocycles. The van der Waals surface area contributed by atoms with Gasteiger partial charge >= 0.3 is 0 Å². The van der Waals surface area contributed by atoms with E-state index in [0.717, 1.165) is 23.9 Å². The average molecular weight is 166 g/mol. The van der Waals surface area contributed by atoms with Gasteiger partial charge in [-0.2, -0.15) is 0 Å². The Kier molecular flexibility index (Phi) is 1.50. The molecule has 3 rings (SSSR count). The maximum Gasteiger partial charge on any atom is 0.0324 e. The van der Waals surface area contributed by atoms with Gasteiger partial charge in [0.1, 0.15) is 0 Å². The van der Waals surface area contributed by atoms with E-state index in [1.807, 2.05) is 0 Å². The zero-order chi connectivity index (χ0) is 8.13. The van der Waals surface area contributed by atoms with Crippen LogP contribution in [-0.2, 0) is 0 Å². The molecule has 1 heterocycles. The maximum atomic E-state index is 3.80.